The molecule has 1 N–H and O–H groups in total. The second-order valence-corrected chi connectivity index (χ2v) is 4.68. The van der Waals surface area contributed by atoms with Crippen LogP contribution in [-0.4, -0.2) is 41.1 Å². The number of benzene rings is 1. The summed E-state index contributed by atoms with van der Waals surface area (Å²) in [5.41, 5.74) is 0.985. The van der Waals surface area contributed by atoms with Gasteiger partial charge >= 0.3 is 0 Å². The maximum atomic E-state index is 12.0. The van der Waals surface area contributed by atoms with E-state index in [4.69, 9.17) is 4.74 Å². The van der Waals surface area contributed by atoms with Gasteiger partial charge in [-0.05, 0) is 12.5 Å². The summed E-state index contributed by atoms with van der Waals surface area (Å²) in [6.07, 6.45) is 0.542. The number of hydrogen-bond acceptors (Lipinski definition) is 4. The average molecular weight is 275 g/mol. The summed E-state index contributed by atoms with van der Waals surface area (Å²) in [5, 5.41) is 9.43. The Kier molecular flexibility index (Phi) is 4.20. The Morgan fingerprint density at radius 2 is 2.05 bits per heavy atom. The maximum absolute atomic E-state index is 12.0. The van der Waals surface area contributed by atoms with Crippen molar-refractivity contribution >= 4 is 11.8 Å². The molecule has 20 heavy (non-hydrogen) atoms. The number of methoxy groups -OCH3 is 1. The molecular formula is C15H17NO4. The van der Waals surface area contributed by atoms with Crippen LogP contribution < -0.4 is 0 Å². The summed E-state index contributed by atoms with van der Waals surface area (Å²) in [6, 6.07) is 9.01. The first kappa shape index (κ1) is 14.3. The van der Waals surface area contributed by atoms with Gasteiger partial charge in [0.1, 0.15) is 17.9 Å². The fraction of sp³-hybridized carbons (Fsp3) is 0.333. The summed E-state index contributed by atoms with van der Waals surface area (Å²) in [5.74, 6) is -0.624. The molecule has 2 atom stereocenters. The van der Waals surface area contributed by atoms with E-state index in [1.807, 2.05) is 30.3 Å². The zero-order valence-corrected chi connectivity index (χ0v) is 11.4. The molecule has 5 nitrogen and oxygen atoms in total. The van der Waals surface area contributed by atoms with E-state index in [0.29, 0.717) is 12.2 Å². The molecular weight excluding hydrogens is 258 g/mol. The zero-order chi connectivity index (χ0) is 14.7. The third-order valence-electron chi connectivity index (χ3n) is 3.25. The van der Waals surface area contributed by atoms with Crippen molar-refractivity contribution in [3.8, 4) is 0 Å². The average Bonchev–Trinajstić information content (AvgIpc) is 2.75. The van der Waals surface area contributed by atoms with Crippen LogP contribution in [0.5, 0.6) is 0 Å². The van der Waals surface area contributed by atoms with Crippen molar-refractivity contribution in [1.29, 1.82) is 0 Å². The number of aliphatic hydroxyl groups excluding tert-OH is 1. The van der Waals surface area contributed by atoms with Crippen LogP contribution in [0.3, 0.4) is 0 Å². The quantitative estimate of drug-likeness (QED) is 0.885. The molecule has 0 bridgehead atoms. The second-order valence-electron chi connectivity index (χ2n) is 4.68. The molecule has 1 aliphatic heterocycles. The van der Waals surface area contributed by atoms with Crippen LogP contribution in [0.1, 0.15) is 12.5 Å². The van der Waals surface area contributed by atoms with Crippen LogP contribution in [0.25, 0.3) is 0 Å². The van der Waals surface area contributed by atoms with Crippen LogP contribution in [0, 0.1) is 0 Å². The molecule has 0 saturated carbocycles. The van der Waals surface area contributed by atoms with Gasteiger partial charge in [-0.3, -0.25) is 14.5 Å². The first-order chi connectivity index (χ1) is 9.54. The molecule has 2 amide bonds. The second kappa shape index (κ2) is 5.88. The fourth-order valence-electron chi connectivity index (χ4n) is 2.26. The van der Waals surface area contributed by atoms with Gasteiger partial charge in [0.05, 0.1) is 7.11 Å². The van der Waals surface area contributed by atoms with Gasteiger partial charge in [0, 0.05) is 12.5 Å². The minimum absolute atomic E-state index is 0.438. The Morgan fingerprint density at radius 3 is 2.60 bits per heavy atom. The molecule has 0 fully saturated rings. The molecule has 0 radical (unpaired) electrons. The Hall–Kier alpha value is -2.14. The van der Waals surface area contributed by atoms with Gasteiger partial charge in [-0.1, -0.05) is 30.3 Å². The van der Waals surface area contributed by atoms with Crippen LogP contribution in [0.2, 0.25) is 0 Å². The van der Waals surface area contributed by atoms with Crippen LogP contribution in [-0.2, 0) is 20.7 Å². The lowest BCUT2D eigenvalue weighted by Crippen LogP contribution is -2.46. The predicted molar refractivity (Wildman–Crippen MR) is 72.6 cm³/mol. The standard InChI is InChI=1S/C15H17NO4/c1-10(17)15(19)16-12(13(20-2)9-14(16)18)8-11-6-4-3-5-7-11/h3-7,9-10,12,17H,8H2,1-2H3/t10-,12-/m0/s1. The van der Waals surface area contributed by atoms with E-state index >= 15 is 0 Å². The first-order valence-electron chi connectivity index (χ1n) is 6.39. The number of nitrogens with zero attached hydrogens (tertiary/aromatic N) is 1. The Bertz CT molecular complexity index is 536. The lowest BCUT2D eigenvalue weighted by atomic mass is 10.0. The number of carbonyl (C=O) groups is 2. The van der Waals surface area contributed by atoms with Crippen LogP contribution in [0.15, 0.2) is 42.2 Å². The van der Waals surface area contributed by atoms with E-state index in [0.717, 1.165) is 10.5 Å². The maximum Gasteiger partial charge on any atom is 0.258 e. The van der Waals surface area contributed by atoms with Gasteiger partial charge in [0.25, 0.3) is 11.8 Å². The Balaban J connectivity index is 2.27. The van der Waals surface area contributed by atoms with E-state index in [9.17, 15) is 14.7 Å². The van der Waals surface area contributed by atoms with Gasteiger partial charge in [-0.15, -0.1) is 0 Å². The normalized spacial score (nSPS) is 19.8. The van der Waals surface area contributed by atoms with E-state index in [-0.39, 0.29) is 0 Å². The highest BCUT2D eigenvalue weighted by molar-refractivity contribution is 6.05. The lowest BCUT2D eigenvalue weighted by Gasteiger charge is -2.26. The van der Waals surface area contributed by atoms with E-state index in [1.165, 1.54) is 20.1 Å². The van der Waals surface area contributed by atoms with Crippen LogP contribution >= 0.6 is 0 Å². The van der Waals surface area contributed by atoms with Crippen molar-refractivity contribution < 1.29 is 19.4 Å². The predicted octanol–water partition coefficient (Wildman–Crippen LogP) is 0.878. The van der Waals surface area contributed by atoms with Gasteiger partial charge in [0.15, 0.2) is 0 Å². The molecule has 106 valence electrons. The smallest absolute Gasteiger partial charge is 0.258 e. The molecule has 1 aromatic carbocycles. The molecule has 0 saturated heterocycles. The molecule has 1 aliphatic rings. The van der Waals surface area contributed by atoms with Gasteiger partial charge in [0.2, 0.25) is 0 Å². The van der Waals surface area contributed by atoms with E-state index in [1.54, 1.807) is 0 Å². The highest BCUT2D eigenvalue weighted by Gasteiger charge is 2.39. The Morgan fingerprint density at radius 1 is 1.40 bits per heavy atom. The molecule has 0 spiro atoms. The molecule has 0 unspecified atom stereocenters. The fourth-order valence-corrected chi connectivity index (χ4v) is 2.26. The monoisotopic (exact) mass is 275 g/mol. The van der Waals surface area contributed by atoms with Crippen molar-refractivity contribution in [3.63, 3.8) is 0 Å². The molecule has 5 heteroatoms. The molecule has 0 aliphatic carbocycles. The summed E-state index contributed by atoms with van der Waals surface area (Å²) in [7, 11) is 1.47. The third-order valence-corrected chi connectivity index (χ3v) is 3.25. The van der Waals surface area contributed by atoms with Gasteiger partial charge in [-0.25, -0.2) is 0 Å². The van der Waals surface area contributed by atoms with Crippen LogP contribution in [0.4, 0.5) is 0 Å². The number of hydrogen-bond donors (Lipinski definition) is 1. The van der Waals surface area contributed by atoms with E-state index in [2.05, 4.69) is 0 Å². The summed E-state index contributed by atoms with van der Waals surface area (Å²) >= 11 is 0. The number of amides is 2. The summed E-state index contributed by atoms with van der Waals surface area (Å²) in [6.45, 7) is 1.35. The van der Waals surface area contributed by atoms with Crippen molar-refractivity contribution in [2.45, 2.75) is 25.5 Å². The number of ether oxygens (including phenoxy) is 1. The van der Waals surface area contributed by atoms with Crippen molar-refractivity contribution in [1.82, 2.24) is 4.90 Å². The molecule has 1 heterocycles. The van der Waals surface area contributed by atoms with Crippen molar-refractivity contribution in [2.75, 3.05) is 7.11 Å². The highest BCUT2D eigenvalue weighted by atomic mass is 16.5. The largest absolute Gasteiger partial charge is 0.499 e. The number of rotatable bonds is 4. The minimum Gasteiger partial charge on any atom is -0.499 e. The van der Waals surface area contributed by atoms with Gasteiger partial charge < -0.3 is 9.84 Å². The van der Waals surface area contributed by atoms with E-state index < -0.39 is 24.0 Å². The lowest BCUT2D eigenvalue weighted by molar-refractivity contribution is -0.148. The summed E-state index contributed by atoms with van der Waals surface area (Å²) in [4.78, 5) is 25.0. The third kappa shape index (κ3) is 2.72. The Labute approximate surface area is 117 Å². The molecule has 0 aromatic heterocycles. The van der Waals surface area contributed by atoms with Gasteiger partial charge in [-0.2, -0.15) is 0 Å². The number of aliphatic hydroxyl groups is 1. The molecule has 1 aromatic rings. The highest BCUT2D eigenvalue weighted by Crippen LogP contribution is 2.24. The summed E-state index contributed by atoms with van der Waals surface area (Å²) < 4.78 is 5.19. The van der Waals surface area contributed by atoms with Crippen molar-refractivity contribution in [3.05, 3.63) is 47.7 Å². The number of imide groups is 1. The SMILES string of the molecule is COC1=CC(=O)N(C(=O)[C@H](C)O)[C@H]1Cc1ccccc1. The topological polar surface area (TPSA) is 66.8 Å². The first-order valence-corrected chi connectivity index (χ1v) is 6.39. The van der Waals surface area contributed by atoms with Crippen molar-refractivity contribution in [2.24, 2.45) is 0 Å². The number of carbonyl (C=O) groups excluding carboxylic acids is 2. The molecule has 2 rings (SSSR count). The minimum atomic E-state index is -1.22. The zero-order valence-electron chi connectivity index (χ0n) is 11.4.